The number of nitrogens with one attached hydrogen (secondary N) is 1. The van der Waals surface area contributed by atoms with Crippen LogP contribution >= 0.6 is 0 Å². The lowest BCUT2D eigenvalue weighted by molar-refractivity contribution is 0.714. The number of benzene rings is 9. The first kappa shape index (κ1) is 33.4. The van der Waals surface area contributed by atoms with Crippen molar-refractivity contribution in [1.82, 2.24) is 0 Å². The van der Waals surface area contributed by atoms with Crippen molar-refractivity contribution < 1.29 is 0 Å². The van der Waals surface area contributed by atoms with E-state index in [1.54, 1.807) is 0 Å². The molecule has 1 aliphatic rings. The summed E-state index contributed by atoms with van der Waals surface area (Å²) < 4.78 is 0. The van der Waals surface area contributed by atoms with E-state index in [1.165, 1.54) is 55.1 Å². The molecule has 0 radical (unpaired) electrons. The molecule has 1 atom stereocenters. The highest BCUT2D eigenvalue weighted by Gasteiger charge is 2.40. The highest BCUT2D eigenvalue weighted by molar-refractivity contribution is 6.27. The van der Waals surface area contributed by atoms with E-state index in [4.69, 9.17) is 4.99 Å². The van der Waals surface area contributed by atoms with E-state index in [-0.39, 0.29) is 5.41 Å². The number of aliphatic imine (C=N–C) groups is 1. The summed E-state index contributed by atoms with van der Waals surface area (Å²) in [7, 11) is 0. The van der Waals surface area contributed by atoms with Crippen molar-refractivity contribution in [1.29, 1.82) is 5.41 Å². The summed E-state index contributed by atoms with van der Waals surface area (Å²) >= 11 is 0. The smallest absolute Gasteiger partial charge is 0.0736 e. The largest absolute Gasteiger partial charge is 0.300 e. The Morgan fingerprint density at radius 1 is 0.536 bits per heavy atom. The number of allylic oxidation sites excluding steroid dienone is 1. The minimum atomic E-state index is -0.359. The number of hydrogen-bond donors (Lipinski definition) is 1. The van der Waals surface area contributed by atoms with Crippen LogP contribution in [-0.2, 0) is 5.41 Å². The van der Waals surface area contributed by atoms with Gasteiger partial charge in [0.1, 0.15) is 0 Å². The molecule has 0 saturated carbocycles. The lowest BCUT2D eigenvalue weighted by atomic mass is 9.74. The van der Waals surface area contributed by atoms with Crippen LogP contribution in [0.3, 0.4) is 0 Å². The molecule has 1 aliphatic carbocycles. The van der Waals surface area contributed by atoms with Crippen LogP contribution in [0.1, 0.15) is 40.3 Å². The molecule has 0 spiro atoms. The third-order valence-electron chi connectivity index (χ3n) is 11.6. The fraction of sp³-hybridized carbons (Fsp3) is 0.0370. The van der Waals surface area contributed by atoms with Gasteiger partial charge in [-0.3, -0.25) is 4.99 Å². The molecular weight excluding hydrogens is 677 g/mol. The second-order valence-corrected chi connectivity index (χ2v) is 14.8. The summed E-state index contributed by atoms with van der Waals surface area (Å²) in [4.78, 5) is 5.29. The standard InChI is InChI=1S/C54H38N2/c1-54(40-22-9-4-10-23-40)47-28-16-15-25-42(47)43-31-30-39(33-48(43)54)49(55)34-50(56-35-36-17-5-2-6-18-36)52-45-27-14-13-26-44(45)51(38-20-7-3-8-21-38)53-41-24-12-11-19-37(41)29-32-46(52)53/h2-35,55H,1H3/b50-34-,55-49?,56-35?. The van der Waals surface area contributed by atoms with Crippen molar-refractivity contribution in [2.75, 3.05) is 0 Å². The van der Waals surface area contributed by atoms with Gasteiger partial charge in [0, 0.05) is 17.2 Å². The second kappa shape index (κ2) is 13.6. The highest BCUT2D eigenvalue weighted by atomic mass is 14.7. The SMILES string of the molecule is CC1(c2ccccc2)c2ccccc2-c2ccc(C(=N)/C=C(\N=Cc3ccccc3)c3c4ccccc4c(-c4ccccc4)c4c3ccc3ccccc34)cc21. The molecule has 0 aliphatic heterocycles. The maximum atomic E-state index is 9.82. The van der Waals surface area contributed by atoms with Crippen LogP contribution < -0.4 is 0 Å². The summed E-state index contributed by atoms with van der Waals surface area (Å²) in [6.45, 7) is 2.32. The van der Waals surface area contributed by atoms with Crippen molar-refractivity contribution in [3.63, 3.8) is 0 Å². The molecule has 2 nitrogen and oxygen atoms in total. The van der Waals surface area contributed by atoms with Crippen molar-refractivity contribution in [2.24, 2.45) is 4.99 Å². The van der Waals surface area contributed by atoms with E-state index in [9.17, 15) is 5.41 Å². The Kier molecular flexibility index (Phi) is 8.12. The van der Waals surface area contributed by atoms with Crippen LogP contribution in [0, 0.1) is 5.41 Å². The molecule has 0 aromatic heterocycles. The van der Waals surface area contributed by atoms with E-state index in [0.29, 0.717) is 5.71 Å². The average molecular weight is 715 g/mol. The van der Waals surface area contributed by atoms with Gasteiger partial charge in [-0.1, -0.05) is 188 Å². The highest BCUT2D eigenvalue weighted by Crippen LogP contribution is 2.52. The van der Waals surface area contributed by atoms with E-state index in [0.717, 1.165) is 38.5 Å². The van der Waals surface area contributed by atoms with Gasteiger partial charge in [0.05, 0.1) is 11.4 Å². The predicted octanol–water partition coefficient (Wildman–Crippen LogP) is 13.7. The Morgan fingerprint density at radius 2 is 1.16 bits per heavy atom. The zero-order chi connectivity index (χ0) is 37.6. The van der Waals surface area contributed by atoms with Crippen molar-refractivity contribution in [3.8, 4) is 22.3 Å². The molecule has 10 rings (SSSR count). The topological polar surface area (TPSA) is 36.2 Å². The lowest BCUT2D eigenvalue weighted by Crippen LogP contribution is -2.22. The van der Waals surface area contributed by atoms with Crippen molar-refractivity contribution >= 4 is 49.9 Å². The van der Waals surface area contributed by atoms with Crippen LogP contribution in [-0.4, -0.2) is 11.9 Å². The number of fused-ring (bicyclic) bond motifs is 7. The normalized spacial score (nSPS) is 15.1. The van der Waals surface area contributed by atoms with Gasteiger partial charge in [-0.2, -0.15) is 0 Å². The molecule has 2 heteroatoms. The molecule has 1 N–H and O–H groups in total. The Bertz CT molecular complexity index is 3030. The fourth-order valence-corrected chi connectivity index (χ4v) is 8.95. The summed E-state index contributed by atoms with van der Waals surface area (Å²) in [5, 5.41) is 16.7. The van der Waals surface area contributed by atoms with Gasteiger partial charge < -0.3 is 5.41 Å². The van der Waals surface area contributed by atoms with Crippen LogP contribution in [0.2, 0.25) is 0 Å². The quantitative estimate of drug-likeness (QED) is 0.0969. The lowest BCUT2D eigenvalue weighted by Gasteiger charge is -2.28. The van der Waals surface area contributed by atoms with Crippen LogP contribution in [0.25, 0.3) is 60.3 Å². The van der Waals surface area contributed by atoms with Gasteiger partial charge in [-0.25, -0.2) is 0 Å². The maximum absolute atomic E-state index is 9.82. The minimum Gasteiger partial charge on any atom is -0.300 e. The second-order valence-electron chi connectivity index (χ2n) is 14.8. The molecule has 56 heavy (non-hydrogen) atoms. The van der Waals surface area contributed by atoms with Crippen LogP contribution in [0.5, 0.6) is 0 Å². The van der Waals surface area contributed by atoms with Gasteiger partial charge in [0.2, 0.25) is 0 Å². The van der Waals surface area contributed by atoms with E-state index < -0.39 is 0 Å². The molecule has 9 aromatic rings. The summed E-state index contributed by atoms with van der Waals surface area (Å²) in [5.74, 6) is 0. The predicted molar refractivity (Wildman–Crippen MR) is 237 cm³/mol. The zero-order valence-electron chi connectivity index (χ0n) is 31.1. The number of nitrogens with zero attached hydrogens (tertiary/aromatic N) is 1. The third-order valence-corrected chi connectivity index (χ3v) is 11.6. The van der Waals surface area contributed by atoms with Gasteiger partial charge >= 0.3 is 0 Å². The van der Waals surface area contributed by atoms with Crippen LogP contribution in [0.4, 0.5) is 0 Å². The monoisotopic (exact) mass is 714 g/mol. The summed E-state index contributed by atoms with van der Waals surface area (Å²) in [6.07, 6.45) is 3.90. The Morgan fingerprint density at radius 3 is 1.95 bits per heavy atom. The van der Waals surface area contributed by atoms with E-state index in [1.807, 2.05) is 30.5 Å². The first-order valence-electron chi connectivity index (χ1n) is 19.2. The van der Waals surface area contributed by atoms with E-state index in [2.05, 4.69) is 183 Å². The molecular formula is C54H38N2. The van der Waals surface area contributed by atoms with Gasteiger partial charge in [-0.15, -0.1) is 0 Å². The Hall–Kier alpha value is -7.16. The maximum Gasteiger partial charge on any atom is 0.0736 e. The molecule has 0 amide bonds. The Labute approximate surface area is 327 Å². The van der Waals surface area contributed by atoms with Gasteiger partial charge in [0.15, 0.2) is 0 Å². The fourth-order valence-electron chi connectivity index (χ4n) is 8.95. The summed E-state index contributed by atoms with van der Waals surface area (Å²) in [6, 6.07) is 68.8. The number of rotatable bonds is 7. The molecule has 0 bridgehead atoms. The van der Waals surface area contributed by atoms with Crippen LogP contribution in [0.15, 0.2) is 205 Å². The van der Waals surface area contributed by atoms with Gasteiger partial charge in [0.25, 0.3) is 0 Å². The van der Waals surface area contributed by atoms with Crippen molar-refractivity contribution in [3.05, 3.63) is 234 Å². The molecule has 9 aromatic carbocycles. The first-order valence-corrected chi connectivity index (χ1v) is 19.2. The molecule has 0 heterocycles. The Balaban J connectivity index is 1.23. The van der Waals surface area contributed by atoms with Gasteiger partial charge in [-0.05, 0) is 101 Å². The van der Waals surface area contributed by atoms with Crippen molar-refractivity contribution in [2.45, 2.75) is 12.3 Å². The molecule has 264 valence electrons. The average Bonchev–Trinajstić information content (AvgIpc) is 3.53. The first-order chi connectivity index (χ1) is 27.6. The van der Waals surface area contributed by atoms with E-state index >= 15 is 0 Å². The number of hydrogen-bond acceptors (Lipinski definition) is 2. The third kappa shape index (κ3) is 5.41. The zero-order valence-corrected chi connectivity index (χ0v) is 31.1. The molecule has 0 saturated heterocycles. The molecule has 1 unspecified atom stereocenters. The molecule has 0 fully saturated rings. The minimum absolute atomic E-state index is 0.359. The summed E-state index contributed by atoms with van der Waals surface area (Å²) in [5.41, 5.74) is 12.2.